The highest BCUT2D eigenvalue weighted by atomic mass is 16.1. The lowest BCUT2D eigenvalue weighted by Gasteiger charge is -2.53. The second-order valence-corrected chi connectivity index (χ2v) is 11.3. The summed E-state index contributed by atoms with van der Waals surface area (Å²) in [4.78, 5) is 12.0. The molecule has 28 heavy (non-hydrogen) atoms. The van der Waals surface area contributed by atoms with Crippen LogP contribution in [0.15, 0.2) is 35.5 Å². The molecule has 0 bridgehead atoms. The van der Waals surface area contributed by atoms with Crippen LogP contribution in [0, 0.1) is 40.4 Å². The lowest BCUT2D eigenvalue weighted by molar-refractivity contribution is -0.114. The highest BCUT2D eigenvalue weighted by molar-refractivity contribution is 5.93. The van der Waals surface area contributed by atoms with Gasteiger partial charge >= 0.3 is 0 Å². The topological polar surface area (TPSA) is 17.1 Å². The first kappa shape index (κ1) is 20.2. The van der Waals surface area contributed by atoms with E-state index in [2.05, 4.69) is 52.8 Å². The van der Waals surface area contributed by atoms with Crippen LogP contribution in [0.25, 0.3) is 0 Å². The Morgan fingerprint density at radius 3 is 2.57 bits per heavy atom. The van der Waals surface area contributed by atoms with Gasteiger partial charge in [0.1, 0.15) is 0 Å². The maximum Gasteiger partial charge on any atom is 0.159 e. The highest BCUT2D eigenvalue weighted by Crippen LogP contribution is 2.65. The van der Waals surface area contributed by atoms with Gasteiger partial charge in [0, 0.05) is 11.8 Å². The normalized spacial score (nSPS) is 40.5. The van der Waals surface area contributed by atoms with Gasteiger partial charge in [-0.3, -0.25) is 4.79 Å². The van der Waals surface area contributed by atoms with Crippen LogP contribution >= 0.6 is 0 Å². The van der Waals surface area contributed by atoms with Crippen LogP contribution in [0.5, 0.6) is 0 Å². The zero-order valence-electron chi connectivity index (χ0n) is 18.8. The van der Waals surface area contributed by atoms with Crippen LogP contribution in [0.2, 0.25) is 0 Å². The average molecular weight is 381 g/mol. The van der Waals surface area contributed by atoms with Gasteiger partial charge in [-0.05, 0) is 66.8 Å². The van der Waals surface area contributed by atoms with Gasteiger partial charge in [0.05, 0.1) is 0 Å². The molecule has 1 heteroatoms. The number of rotatable bonds is 5. The lowest BCUT2D eigenvalue weighted by Crippen LogP contribution is -2.45. The third-order valence-corrected chi connectivity index (χ3v) is 9.19. The molecule has 2 saturated carbocycles. The summed E-state index contributed by atoms with van der Waals surface area (Å²) < 4.78 is 0. The van der Waals surface area contributed by atoms with Crippen molar-refractivity contribution in [3.8, 4) is 0 Å². The smallest absolute Gasteiger partial charge is 0.159 e. The molecule has 0 aromatic heterocycles. The van der Waals surface area contributed by atoms with E-state index in [1.54, 1.807) is 5.57 Å². The molecule has 0 radical (unpaired) electrons. The van der Waals surface area contributed by atoms with Gasteiger partial charge < -0.3 is 0 Å². The van der Waals surface area contributed by atoms with E-state index in [1.165, 1.54) is 50.5 Å². The second kappa shape index (κ2) is 7.29. The summed E-state index contributed by atoms with van der Waals surface area (Å²) in [7, 11) is 0. The largest absolute Gasteiger partial charge is 0.295 e. The Morgan fingerprint density at radius 2 is 1.82 bits per heavy atom. The standard InChI is InChI=1S/C27H40O/c1-18(2)7-6-8-19(3)23-11-12-24-22-10-9-20-17-21(28)13-15-26(20,4)25(22)14-16-27(23,24)5/h9-10,13,15,18-19,23-25H,6-8,11-12,14,16-17H2,1-5H3/t19-,23-,24+,25+,26+,27-/m1/s1. The Kier molecular flexibility index (Phi) is 5.26. The summed E-state index contributed by atoms with van der Waals surface area (Å²) in [6.07, 6.45) is 19.1. The monoisotopic (exact) mass is 380 g/mol. The van der Waals surface area contributed by atoms with Crippen molar-refractivity contribution < 1.29 is 4.79 Å². The number of allylic oxidation sites excluding steroid dienone is 6. The molecule has 1 nitrogen and oxygen atoms in total. The number of hydrogen-bond acceptors (Lipinski definition) is 1. The fourth-order valence-electron chi connectivity index (χ4n) is 7.48. The minimum Gasteiger partial charge on any atom is -0.295 e. The summed E-state index contributed by atoms with van der Waals surface area (Å²) in [6, 6.07) is 0. The van der Waals surface area contributed by atoms with E-state index in [1.807, 2.05) is 6.08 Å². The van der Waals surface area contributed by atoms with Gasteiger partial charge in [0.15, 0.2) is 5.78 Å². The molecule has 154 valence electrons. The quantitative estimate of drug-likeness (QED) is 0.489. The number of hydrogen-bond donors (Lipinski definition) is 0. The Hall–Kier alpha value is -1.11. The van der Waals surface area contributed by atoms with E-state index in [0.717, 1.165) is 23.7 Å². The Labute approximate surface area is 172 Å². The molecule has 2 fully saturated rings. The zero-order chi connectivity index (χ0) is 20.1. The molecule has 0 unspecified atom stereocenters. The number of fused-ring (bicyclic) bond motifs is 5. The molecule has 0 aromatic rings. The molecule has 0 spiro atoms. The summed E-state index contributed by atoms with van der Waals surface area (Å²) >= 11 is 0. The second-order valence-electron chi connectivity index (χ2n) is 11.3. The SMILES string of the molecule is CC(C)CCC[C@@H](C)[C@H]1CC[C@H]2C3=CC=C4CC(=O)C=C[C@]4(C)[C@H]3CC[C@]12C. The Balaban J connectivity index is 1.55. The molecule has 4 rings (SSSR count). The maximum atomic E-state index is 12.0. The fraction of sp³-hybridized carbons (Fsp3) is 0.741. The van der Waals surface area contributed by atoms with Gasteiger partial charge in [0.25, 0.3) is 0 Å². The first-order valence-corrected chi connectivity index (χ1v) is 11.9. The van der Waals surface area contributed by atoms with Gasteiger partial charge in [0.2, 0.25) is 0 Å². The molecule has 0 aromatic carbocycles. The van der Waals surface area contributed by atoms with Crippen LogP contribution in [-0.2, 0) is 4.79 Å². The van der Waals surface area contributed by atoms with Gasteiger partial charge in [-0.1, -0.05) is 83.3 Å². The zero-order valence-corrected chi connectivity index (χ0v) is 18.8. The summed E-state index contributed by atoms with van der Waals surface area (Å²) in [5.74, 6) is 4.21. The van der Waals surface area contributed by atoms with Crippen molar-refractivity contribution in [1.29, 1.82) is 0 Å². The molecule has 0 amide bonds. The first-order chi connectivity index (χ1) is 13.3. The highest BCUT2D eigenvalue weighted by Gasteiger charge is 2.56. The van der Waals surface area contributed by atoms with Crippen molar-refractivity contribution in [2.45, 2.75) is 86.0 Å². The lowest BCUT2D eigenvalue weighted by atomic mass is 9.51. The molecule has 0 heterocycles. The van der Waals surface area contributed by atoms with Crippen LogP contribution < -0.4 is 0 Å². The summed E-state index contributed by atoms with van der Waals surface area (Å²) in [5.41, 5.74) is 3.64. The van der Waals surface area contributed by atoms with Gasteiger partial charge in [-0.2, -0.15) is 0 Å². The molecular weight excluding hydrogens is 340 g/mol. The molecule has 0 saturated heterocycles. The Bertz CT molecular complexity index is 723. The summed E-state index contributed by atoms with van der Waals surface area (Å²) in [5, 5.41) is 0. The van der Waals surface area contributed by atoms with Crippen LogP contribution in [0.3, 0.4) is 0 Å². The van der Waals surface area contributed by atoms with E-state index < -0.39 is 0 Å². The van der Waals surface area contributed by atoms with E-state index >= 15 is 0 Å². The molecule has 0 N–H and O–H groups in total. The first-order valence-electron chi connectivity index (χ1n) is 11.9. The minimum absolute atomic E-state index is 0.0836. The van der Waals surface area contributed by atoms with Crippen LogP contribution in [0.4, 0.5) is 0 Å². The molecular formula is C27H40O. The van der Waals surface area contributed by atoms with Crippen molar-refractivity contribution >= 4 is 5.78 Å². The number of carbonyl (C=O) groups is 1. The van der Waals surface area contributed by atoms with Crippen molar-refractivity contribution in [2.75, 3.05) is 0 Å². The van der Waals surface area contributed by atoms with Crippen LogP contribution in [-0.4, -0.2) is 5.78 Å². The van der Waals surface area contributed by atoms with Crippen molar-refractivity contribution in [3.05, 3.63) is 35.5 Å². The summed E-state index contributed by atoms with van der Waals surface area (Å²) in [6.45, 7) is 12.2. The van der Waals surface area contributed by atoms with Crippen molar-refractivity contribution in [2.24, 2.45) is 40.4 Å². The Morgan fingerprint density at radius 1 is 1.04 bits per heavy atom. The molecule has 4 aliphatic rings. The minimum atomic E-state index is 0.0836. The van der Waals surface area contributed by atoms with E-state index in [0.29, 0.717) is 17.8 Å². The third kappa shape index (κ3) is 3.17. The molecule has 4 aliphatic carbocycles. The predicted molar refractivity (Wildman–Crippen MR) is 118 cm³/mol. The van der Waals surface area contributed by atoms with E-state index in [4.69, 9.17) is 0 Å². The van der Waals surface area contributed by atoms with Crippen LogP contribution in [0.1, 0.15) is 86.0 Å². The van der Waals surface area contributed by atoms with E-state index in [-0.39, 0.29) is 11.2 Å². The van der Waals surface area contributed by atoms with Gasteiger partial charge in [-0.25, -0.2) is 0 Å². The number of carbonyl (C=O) groups excluding carboxylic acids is 1. The van der Waals surface area contributed by atoms with Crippen molar-refractivity contribution in [1.82, 2.24) is 0 Å². The van der Waals surface area contributed by atoms with Gasteiger partial charge in [-0.15, -0.1) is 0 Å². The predicted octanol–water partition coefficient (Wildman–Crippen LogP) is 7.29. The fourth-order valence-corrected chi connectivity index (χ4v) is 7.48. The van der Waals surface area contributed by atoms with Crippen molar-refractivity contribution in [3.63, 3.8) is 0 Å². The number of ketones is 1. The average Bonchev–Trinajstić information content (AvgIpc) is 2.99. The molecule has 6 atom stereocenters. The maximum absolute atomic E-state index is 12.0. The molecule has 0 aliphatic heterocycles. The van der Waals surface area contributed by atoms with E-state index in [9.17, 15) is 4.79 Å². The third-order valence-electron chi connectivity index (χ3n) is 9.19.